The Morgan fingerprint density at radius 2 is 1.92 bits per heavy atom. The maximum absolute atomic E-state index is 13.0. The van der Waals surface area contributed by atoms with Gasteiger partial charge in [0.05, 0.1) is 0 Å². The first-order chi connectivity index (χ1) is 12.1. The molecule has 3 rings (SSSR count). The van der Waals surface area contributed by atoms with E-state index in [0.717, 1.165) is 30.4 Å². The van der Waals surface area contributed by atoms with E-state index in [4.69, 9.17) is 5.73 Å². The van der Waals surface area contributed by atoms with E-state index in [-0.39, 0.29) is 24.3 Å². The van der Waals surface area contributed by atoms with Gasteiger partial charge in [-0.15, -0.1) is 0 Å². The van der Waals surface area contributed by atoms with Crippen LogP contribution in [0.2, 0.25) is 0 Å². The zero-order valence-electron chi connectivity index (χ0n) is 14.6. The molecule has 0 spiro atoms. The van der Waals surface area contributed by atoms with Gasteiger partial charge in [-0.3, -0.25) is 9.59 Å². The molecule has 4 nitrogen and oxygen atoms in total. The predicted octanol–water partition coefficient (Wildman–Crippen LogP) is 3.53. The zero-order chi connectivity index (χ0) is 17.8. The highest BCUT2D eigenvalue weighted by molar-refractivity contribution is 5.96. The van der Waals surface area contributed by atoms with Crippen LogP contribution in [0.15, 0.2) is 48.5 Å². The van der Waals surface area contributed by atoms with E-state index in [0.29, 0.717) is 12.1 Å². The maximum Gasteiger partial charge on any atom is 0.254 e. The third kappa shape index (κ3) is 3.90. The Morgan fingerprint density at radius 3 is 2.68 bits per heavy atom. The van der Waals surface area contributed by atoms with Gasteiger partial charge >= 0.3 is 0 Å². The molecule has 2 aromatic carbocycles. The number of rotatable bonds is 4. The van der Waals surface area contributed by atoms with E-state index in [9.17, 15) is 9.59 Å². The Bertz CT molecular complexity index is 785. The largest absolute Gasteiger partial charge is 0.370 e. The number of primary amides is 1. The highest BCUT2D eigenvalue weighted by Crippen LogP contribution is 2.26. The van der Waals surface area contributed by atoms with Crippen LogP contribution in [0.25, 0.3) is 11.1 Å². The normalized spacial score (nSPS) is 17.3. The Hall–Kier alpha value is -2.62. The van der Waals surface area contributed by atoms with Crippen LogP contribution < -0.4 is 5.73 Å². The lowest BCUT2D eigenvalue weighted by Gasteiger charge is -2.35. The summed E-state index contributed by atoms with van der Waals surface area (Å²) < 4.78 is 0. The van der Waals surface area contributed by atoms with Gasteiger partial charge in [-0.05, 0) is 55.0 Å². The summed E-state index contributed by atoms with van der Waals surface area (Å²) >= 11 is 0. The number of hydrogen-bond donors (Lipinski definition) is 1. The molecule has 2 amide bonds. The number of piperidine rings is 1. The van der Waals surface area contributed by atoms with Gasteiger partial charge in [-0.2, -0.15) is 0 Å². The number of carbonyl (C=O) groups excluding carboxylic acids is 2. The summed E-state index contributed by atoms with van der Waals surface area (Å²) in [7, 11) is 0. The Morgan fingerprint density at radius 1 is 1.12 bits per heavy atom. The minimum absolute atomic E-state index is 0.0126. The molecule has 2 N–H and O–H groups in total. The van der Waals surface area contributed by atoms with Gasteiger partial charge in [-0.25, -0.2) is 0 Å². The standard InChI is InChI=1S/C21H24N2O2/c1-15-7-2-3-11-19(15)16-8-6-9-17(13-16)21(25)23-12-5-4-10-18(23)14-20(22)24/h2-3,6-9,11,13,18H,4-5,10,12,14H2,1H3,(H2,22,24). The number of nitrogens with two attached hydrogens (primary N) is 1. The molecule has 0 radical (unpaired) electrons. The summed E-state index contributed by atoms with van der Waals surface area (Å²) in [6.07, 6.45) is 3.08. The maximum atomic E-state index is 13.0. The Labute approximate surface area is 148 Å². The number of carbonyl (C=O) groups is 2. The first-order valence-corrected chi connectivity index (χ1v) is 8.81. The van der Waals surface area contributed by atoms with Crippen LogP contribution in [0.3, 0.4) is 0 Å². The molecule has 0 bridgehead atoms. The smallest absolute Gasteiger partial charge is 0.254 e. The van der Waals surface area contributed by atoms with Crippen LogP contribution in [0.4, 0.5) is 0 Å². The number of amides is 2. The van der Waals surface area contributed by atoms with Crippen molar-refractivity contribution in [1.29, 1.82) is 0 Å². The van der Waals surface area contributed by atoms with E-state index in [1.807, 2.05) is 41.3 Å². The van der Waals surface area contributed by atoms with Crippen molar-refractivity contribution >= 4 is 11.8 Å². The molecule has 0 aromatic heterocycles. The molecule has 1 heterocycles. The molecule has 1 aliphatic heterocycles. The first-order valence-electron chi connectivity index (χ1n) is 8.81. The van der Waals surface area contributed by atoms with Gasteiger partial charge in [0.15, 0.2) is 0 Å². The van der Waals surface area contributed by atoms with Gasteiger partial charge in [-0.1, -0.05) is 36.4 Å². The minimum atomic E-state index is -0.349. The molecule has 1 atom stereocenters. The third-order valence-electron chi connectivity index (χ3n) is 4.89. The number of aryl methyl sites for hydroxylation is 1. The lowest BCUT2D eigenvalue weighted by molar-refractivity contribution is -0.119. The van der Waals surface area contributed by atoms with Crippen molar-refractivity contribution in [2.45, 2.75) is 38.6 Å². The fourth-order valence-electron chi connectivity index (χ4n) is 3.59. The van der Waals surface area contributed by atoms with Crippen LogP contribution in [-0.4, -0.2) is 29.3 Å². The summed E-state index contributed by atoms with van der Waals surface area (Å²) in [6, 6.07) is 15.8. The molecule has 1 saturated heterocycles. The number of likely N-dealkylation sites (tertiary alicyclic amines) is 1. The second-order valence-corrected chi connectivity index (χ2v) is 6.71. The second-order valence-electron chi connectivity index (χ2n) is 6.71. The van der Waals surface area contributed by atoms with Crippen molar-refractivity contribution in [2.24, 2.45) is 5.73 Å². The van der Waals surface area contributed by atoms with E-state index >= 15 is 0 Å². The van der Waals surface area contributed by atoms with E-state index in [2.05, 4.69) is 19.1 Å². The van der Waals surface area contributed by atoms with Crippen molar-refractivity contribution in [1.82, 2.24) is 4.90 Å². The van der Waals surface area contributed by atoms with Gasteiger partial charge in [0.2, 0.25) is 5.91 Å². The number of benzene rings is 2. The van der Waals surface area contributed by atoms with Crippen molar-refractivity contribution in [2.75, 3.05) is 6.54 Å². The molecule has 1 fully saturated rings. The zero-order valence-corrected chi connectivity index (χ0v) is 14.6. The highest BCUT2D eigenvalue weighted by atomic mass is 16.2. The number of nitrogens with zero attached hydrogens (tertiary/aromatic N) is 1. The summed E-state index contributed by atoms with van der Waals surface area (Å²) in [4.78, 5) is 26.2. The molecule has 1 unspecified atom stereocenters. The molecule has 0 saturated carbocycles. The summed E-state index contributed by atoms with van der Waals surface area (Å²) in [6.45, 7) is 2.75. The van der Waals surface area contributed by atoms with Gasteiger partial charge < -0.3 is 10.6 Å². The average molecular weight is 336 g/mol. The van der Waals surface area contributed by atoms with Crippen molar-refractivity contribution in [3.63, 3.8) is 0 Å². The van der Waals surface area contributed by atoms with E-state index < -0.39 is 0 Å². The second kappa shape index (κ2) is 7.51. The topological polar surface area (TPSA) is 63.4 Å². The van der Waals surface area contributed by atoms with Crippen LogP contribution in [0.5, 0.6) is 0 Å². The quantitative estimate of drug-likeness (QED) is 0.928. The lowest BCUT2D eigenvalue weighted by atomic mass is 9.96. The summed E-state index contributed by atoms with van der Waals surface area (Å²) in [5.41, 5.74) is 9.37. The molecular formula is C21H24N2O2. The lowest BCUT2D eigenvalue weighted by Crippen LogP contribution is -2.45. The van der Waals surface area contributed by atoms with Crippen LogP contribution in [0.1, 0.15) is 41.6 Å². The van der Waals surface area contributed by atoms with Crippen molar-refractivity contribution < 1.29 is 9.59 Å². The van der Waals surface area contributed by atoms with E-state index in [1.165, 1.54) is 5.56 Å². The van der Waals surface area contributed by atoms with Gasteiger partial charge in [0.25, 0.3) is 5.91 Å². The molecule has 25 heavy (non-hydrogen) atoms. The fraction of sp³-hybridized carbons (Fsp3) is 0.333. The summed E-state index contributed by atoms with van der Waals surface area (Å²) in [5, 5.41) is 0. The molecular weight excluding hydrogens is 312 g/mol. The van der Waals surface area contributed by atoms with Crippen LogP contribution in [0, 0.1) is 6.92 Å². The first kappa shape index (κ1) is 17.2. The molecule has 0 aliphatic carbocycles. The van der Waals surface area contributed by atoms with Crippen molar-refractivity contribution in [3.8, 4) is 11.1 Å². The van der Waals surface area contributed by atoms with Gasteiger partial charge in [0.1, 0.15) is 0 Å². The van der Waals surface area contributed by atoms with Crippen LogP contribution in [-0.2, 0) is 4.79 Å². The SMILES string of the molecule is Cc1ccccc1-c1cccc(C(=O)N2CCCCC2CC(N)=O)c1. The van der Waals surface area contributed by atoms with Gasteiger partial charge in [0, 0.05) is 24.6 Å². The van der Waals surface area contributed by atoms with E-state index in [1.54, 1.807) is 0 Å². The predicted molar refractivity (Wildman–Crippen MR) is 99.1 cm³/mol. The molecule has 1 aliphatic rings. The van der Waals surface area contributed by atoms with Crippen LogP contribution >= 0.6 is 0 Å². The highest BCUT2D eigenvalue weighted by Gasteiger charge is 2.28. The summed E-state index contributed by atoms with van der Waals surface area (Å²) in [5.74, 6) is -0.361. The monoisotopic (exact) mass is 336 g/mol. The van der Waals surface area contributed by atoms with Crippen molar-refractivity contribution in [3.05, 3.63) is 59.7 Å². The number of hydrogen-bond acceptors (Lipinski definition) is 2. The molecule has 130 valence electrons. The average Bonchev–Trinajstić information content (AvgIpc) is 2.62. The Balaban J connectivity index is 1.88. The fourth-order valence-corrected chi connectivity index (χ4v) is 3.59. The third-order valence-corrected chi connectivity index (χ3v) is 4.89. The molecule has 2 aromatic rings. The molecule has 4 heteroatoms. The Kier molecular flexibility index (Phi) is 5.17. The minimum Gasteiger partial charge on any atom is -0.370 e.